The molecule has 0 bridgehead atoms. The second-order valence-corrected chi connectivity index (χ2v) is 4.80. The molecule has 3 nitrogen and oxygen atoms in total. The van der Waals surface area contributed by atoms with Gasteiger partial charge in [0.15, 0.2) is 5.11 Å². The van der Waals surface area contributed by atoms with Crippen molar-refractivity contribution in [1.82, 2.24) is 15.1 Å². The van der Waals surface area contributed by atoms with Gasteiger partial charge in [-0.05, 0) is 45.6 Å². The number of likely N-dealkylation sites (tertiary alicyclic amines) is 1. The van der Waals surface area contributed by atoms with Crippen molar-refractivity contribution in [3.63, 3.8) is 0 Å². The summed E-state index contributed by atoms with van der Waals surface area (Å²) < 4.78 is 0. The molecule has 0 aromatic carbocycles. The van der Waals surface area contributed by atoms with Crippen LogP contribution in [0.25, 0.3) is 0 Å². The number of rotatable bonds is 3. The van der Waals surface area contributed by atoms with Gasteiger partial charge in [0.05, 0.1) is 0 Å². The highest BCUT2D eigenvalue weighted by molar-refractivity contribution is 7.80. The van der Waals surface area contributed by atoms with Crippen LogP contribution in [0.5, 0.6) is 0 Å². The smallest absolute Gasteiger partial charge is 0.168 e. The van der Waals surface area contributed by atoms with Crippen molar-refractivity contribution in [3.05, 3.63) is 0 Å². The minimum atomic E-state index is 0.732. The molecule has 4 heteroatoms. The predicted molar refractivity (Wildman–Crippen MR) is 69.2 cm³/mol. The quantitative estimate of drug-likeness (QED) is 0.735. The first-order chi connectivity index (χ1) is 7.15. The summed E-state index contributed by atoms with van der Waals surface area (Å²) in [5.74, 6) is 0. The van der Waals surface area contributed by atoms with E-state index < -0.39 is 0 Å². The summed E-state index contributed by atoms with van der Waals surface area (Å²) in [6, 6.07) is 0.732. The Balaban J connectivity index is 2.27. The van der Waals surface area contributed by atoms with Gasteiger partial charge in [0.25, 0.3) is 0 Å². The second kappa shape index (κ2) is 6.28. The lowest BCUT2D eigenvalue weighted by Gasteiger charge is -2.36. The lowest BCUT2D eigenvalue weighted by molar-refractivity contribution is 0.190. The Bertz CT molecular complexity index is 198. The maximum atomic E-state index is 5.34. The zero-order valence-corrected chi connectivity index (χ0v) is 10.9. The summed E-state index contributed by atoms with van der Waals surface area (Å²) in [5.41, 5.74) is 0. The molecular weight excluding hydrogens is 206 g/mol. The normalized spacial score (nSPS) is 18.3. The average Bonchev–Trinajstić information content (AvgIpc) is 2.26. The molecule has 1 saturated heterocycles. The lowest BCUT2D eigenvalue weighted by Crippen LogP contribution is -2.48. The number of piperidine rings is 1. The highest BCUT2D eigenvalue weighted by atomic mass is 32.1. The molecule has 1 aliphatic heterocycles. The molecule has 88 valence electrons. The maximum absolute atomic E-state index is 5.34. The van der Waals surface area contributed by atoms with Gasteiger partial charge in [-0.1, -0.05) is 6.92 Å². The van der Waals surface area contributed by atoms with E-state index >= 15 is 0 Å². The van der Waals surface area contributed by atoms with E-state index in [-0.39, 0.29) is 0 Å². The summed E-state index contributed by atoms with van der Waals surface area (Å²) >= 11 is 5.34. The van der Waals surface area contributed by atoms with E-state index in [0.717, 1.165) is 37.2 Å². The van der Waals surface area contributed by atoms with Crippen LogP contribution in [0.15, 0.2) is 0 Å². The minimum absolute atomic E-state index is 0.732. The van der Waals surface area contributed by atoms with Crippen molar-refractivity contribution >= 4 is 17.3 Å². The molecule has 1 aliphatic rings. The van der Waals surface area contributed by atoms with Crippen molar-refractivity contribution in [3.8, 4) is 0 Å². The molecule has 0 atom stereocenters. The molecule has 0 aliphatic carbocycles. The monoisotopic (exact) mass is 229 g/mol. The molecule has 0 amide bonds. The molecule has 1 rings (SSSR count). The van der Waals surface area contributed by atoms with Gasteiger partial charge in [0, 0.05) is 25.7 Å². The third-order valence-electron chi connectivity index (χ3n) is 3.01. The van der Waals surface area contributed by atoms with Gasteiger partial charge in [0.2, 0.25) is 0 Å². The number of nitrogens with one attached hydrogen (secondary N) is 1. The fourth-order valence-corrected chi connectivity index (χ4v) is 2.21. The second-order valence-electron chi connectivity index (χ2n) is 4.41. The van der Waals surface area contributed by atoms with Gasteiger partial charge in [-0.25, -0.2) is 0 Å². The van der Waals surface area contributed by atoms with Crippen LogP contribution in [-0.4, -0.2) is 54.7 Å². The Hall–Kier alpha value is -0.350. The first kappa shape index (κ1) is 12.7. The molecule has 1 heterocycles. The Morgan fingerprint density at radius 3 is 2.47 bits per heavy atom. The number of hydrogen-bond donors (Lipinski definition) is 1. The topological polar surface area (TPSA) is 18.5 Å². The van der Waals surface area contributed by atoms with Crippen LogP contribution in [-0.2, 0) is 0 Å². The summed E-state index contributed by atoms with van der Waals surface area (Å²) in [4.78, 5) is 4.62. The average molecular weight is 229 g/mol. The highest BCUT2D eigenvalue weighted by Crippen LogP contribution is 2.13. The lowest BCUT2D eigenvalue weighted by atomic mass is 10.0. The van der Waals surface area contributed by atoms with Crippen LogP contribution < -0.4 is 5.32 Å². The van der Waals surface area contributed by atoms with E-state index in [1.54, 1.807) is 0 Å². The molecule has 0 aromatic rings. The van der Waals surface area contributed by atoms with Gasteiger partial charge in [0.1, 0.15) is 0 Å². The molecule has 0 radical (unpaired) electrons. The van der Waals surface area contributed by atoms with Crippen molar-refractivity contribution < 1.29 is 0 Å². The van der Waals surface area contributed by atoms with E-state index in [1.807, 2.05) is 0 Å². The minimum Gasteiger partial charge on any atom is -0.363 e. The zero-order valence-electron chi connectivity index (χ0n) is 10.1. The third-order valence-corrected chi connectivity index (χ3v) is 3.41. The summed E-state index contributed by atoms with van der Waals surface area (Å²) in [7, 11) is 4.32. The molecule has 1 N–H and O–H groups in total. The zero-order chi connectivity index (χ0) is 11.3. The predicted octanol–water partition coefficient (Wildman–Crippen LogP) is 1.30. The number of nitrogens with zero attached hydrogens (tertiary/aromatic N) is 2. The number of hydrogen-bond acceptors (Lipinski definition) is 2. The molecule has 0 spiro atoms. The molecule has 0 unspecified atom stereocenters. The van der Waals surface area contributed by atoms with Crippen LogP contribution in [0.2, 0.25) is 0 Å². The highest BCUT2D eigenvalue weighted by Gasteiger charge is 2.21. The van der Waals surface area contributed by atoms with Crippen LogP contribution in [0.1, 0.15) is 26.2 Å². The van der Waals surface area contributed by atoms with E-state index in [9.17, 15) is 0 Å². The molecule has 0 saturated carbocycles. The van der Waals surface area contributed by atoms with E-state index in [1.165, 1.54) is 12.8 Å². The first-order valence-corrected chi connectivity index (χ1v) is 6.25. The molecule has 1 fully saturated rings. The summed E-state index contributed by atoms with van der Waals surface area (Å²) in [6.07, 6.45) is 3.58. The Labute approximate surface area is 98.8 Å². The van der Waals surface area contributed by atoms with Crippen molar-refractivity contribution in [2.75, 3.05) is 33.7 Å². The standard InChI is InChI=1S/C11H23N3S/c1-4-7-12-11(15)14-8-5-10(6-9-14)13(2)3/h10H,4-9H2,1-3H3,(H,12,15). The SMILES string of the molecule is CCCNC(=S)N1CCC(N(C)C)CC1. The Morgan fingerprint density at radius 2 is 2.00 bits per heavy atom. The van der Waals surface area contributed by atoms with Crippen molar-refractivity contribution in [2.24, 2.45) is 0 Å². The molecule has 0 aromatic heterocycles. The number of thiocarbonyl (C=S) groups is 1. The maximum Gasteiger partial charge on any atom is 0.168 e. The molecule has 15 heavy (non-hydrogen) atoms. The Kier molecular flexibility index (Phi) is 5.32. The van der Waals surface area contributed by atoms with Crippen LogP contribution in [0, 0.1) is 0 Å². The van der Waals surface area contributed by atoms with Crippen LogP contribution in [0.4, 0.5) is 0 Å². The van der Waals surface area contributed by atoms with E-state index in [4.69, 9.17) is 12.2 Å². The van der Waals surface area contributed by atoms with Gasteiger partial charge < -0.3 is 15.1 Å². The summed E-state index contributed by atoms with van der Waals surface area (Å²) in [6.45, 7) is 5.34. The van der Waals surface area contributed by atoms with Crippen molar-refractivity contribution in [1.29, 1.82) is 0 Å². The largest absolute Gasteiger partial charge is 0.363 e. The third kappa shape index (κ3) is 3.95. The molecular formula is C11H23N3S. The fourth-order valence-electron chi connectivity index (χ4n) is 1.93. The van der Waals surface area contributed by atoms with E-state index in [2.05, 4.69) is 36.1 Å². The van der Waals surface area contributed by atoms with Gasteiger partial charge in [-0.2, -0.15) is 0 Å². The Morgan fingerprint density at radius 1 is 1.40 bits per heavy atom. The van der Waals surface area contributed by atoms with Gasteiger partial charge in [-0.3, -0.25) is 0 Å². The van der Waals surface area contributed by atoms with E-state index in [0.29, 0.717) is 0 Å². The summed E-state index contributed by atoms with van der Waals surface area (Å²) in [5, 5.41) is 4.23. The van der Waals surface area contributed by atoms with Crippen molar-refractivity contribution in [2.45, 2.75) is 32.2 Å². The fraction of sp³-hybridized carbons (Fsp3) is 0.909. The first-order valence-electron chi connectivity index (χ1n) is 5.84. The van der Waals surface area contributed by atoms with Gasteiger partial charge >= 0.3 is 0 Å². The van der Waals surface area contributed by atoms with Crippen LogP contribution >= 0.6 is 12.2 Å². The van der Waals surface area contributed by atoms with Gasteiger partial charge in [-0.15, -0.1) is 0 Å². The van der Waals surface area contributed by atoms with Crippen LogP contribution in [0.3, 0.4) is 0 Å².